The fraction of sp³-hybridized carbons (Fsp3) is 0.214. The molecule has 1 amide bonds. The van der Waals surface area contributed by atoms with Gasteiger partial charge in [0.15, 0.2) is 0 Å². The molecule has 0 fully saturated rings. The maximum Gasteiger partial charge on any atom is 0.253 e. The van der Waals surface area contributed by atoms with Gasteiger partial charge < -0.3 is 15.1 Å². The first kappa shape index (κ1) is 17.3. The number of furan rings is 1. The lowest BCUT2D eigenvalue weighted by atomic mass is 10.1. The number of benzene rings is 1. The zero-order chi connectivity index (χ0) is 17.0. The van der Waals surface area contributed by atoms with Crippen molar-refractivity contribution in [3.05, 3.63) is 46.9 Å². The molecule has 9 heteroatoms. The normalized spacial score (nSPS) is 11.3. The molecular weight excluding hydrogens is 342 g/mol. The second-order valence-corrected chi connectivity index (χ2v) is 6.81. The fourth-order valence-electron chi connectivity index (χ4n) is 1.93. The minimum absolute atomic E-state index is 0.00829. The molecule has 0 unspecified atom stereocenters. The number of sulfonamides is 1. The Balaban J connectivity index is 2.44. The molecule has 0 radical (unpaired) electrons. The Morgan fingerprint density at radius 1 is 1.30 bits per heavy atom. The Kier molecular flexibility index (Phi) is 5.30. The van der Waals surface area contributed by atoms with E-state index >= 15 is 0 Å². The SMILES string of the molecule is CNC(=O)c1cc(S(=O)(=O)NC)c(Cl)cc1NCc1ccco1. The topological polar surface area (TPSA) is 100 Å². The summed E-state index contributed by atoms with van der Waals surface area (Å²) in [6.45, 7) is 0.325. The zero-order valence-corrected chi connectivity index (χ0v) is 14.1. The Hall–Kier alpha value is -2.03. The molecule has 0 saturated carbocycles. The standard InChI is InChI=1S/C14H16ClN3O4S/c1-16-14(19)10-6-13(23(20,21)17-2)11(15)7-12(10)18-8-9-4-3-5-22-9/h3-7,17-18H,8H2,1-2H3,(H,16,19). The predicted octanol–water partition coefficient (Wildman–Crippen LogP) is 1.81. The molecule has 1 aromatic heterocycles. The molecular formula is C14H16ClN3O4S. The summed E-state index contributed by atoms with van der Waals surface area (Å²) in [4.78, 5) is 11.9. The van der Waals surface area contributed by atoms with Gasteiger partial charge in [-0.25, -0.2) is 13.1 Å². The summed E-state index contributed by atoms with van der Waals surface area (Å²) < 4.78 is 31.3. The van der Waals surface area contributed by atoms with Crippen LogP contribution in [-0.4, -0.2) is 28.4 Å². The van der Waals surface area contributed by atoms with Gasteiger partial charge in [0.25, 0.3) is 5.91 Å². The van der Waals surface area contributed by atoms with Crippen molar-refractivity contribution < 1.29 is 17.6 Å². The van der Waals surface area contributed by atoms with Crippen LogP contribution >= 0.6 is 11.6 Å². The molecule has 1 aromatic carbocycles. The van der Waals surface area contributed by atoms with E-state index in [2.05, 4.69) is 15.4 Å². The summed E-state index contributed by atoms with van der Waals surface area (Å²) in [6.07, 6.45) is 1.53. The molecule has 0 bridgehead atoms. The number of hydrogen-bond donors (Lipinski definition) is 3. The largest absolute Gasteiger partial charge is 0.467 e. The third-order valence-corrected chi connectivity index (χ3v) is 5.01. The molecule has 0 aliphatic heterocycles. The number of nitrogens with one attached hydrogen (secondary N) is 3. The summed E-state index contributed by atoms with van der Waals surface area (Å²) in [6, 6.07) is 6.15. The van der Waals surface area contributed by atoms with Crippen LogP contribution in [0.25, 0.3) is 0 Å². The van der Waals surface area contributed by atoms with E-state index in [9.17, 15) is 13.2 Å². The number of amides is 1. The summed E-state index contributed by atoms with van der Waals surface area (Å²) in [5.41, 5.74) is 0.568. The van der Waals surface area contributed by atoms with Crippen molar-refractivity contribution in [3.63, 3.8) is 0 Å². The molecule has 3 N–H and O–H groups in total. The van der Waals surface area contributed by atoms with Crippen LogP contribution in [-0.2, 0) is 16.6 Å². The van der Waals surface area contributed by atoms with Crippen molar-refractivity contribution in [3.8, 4) is 0 Å². The Morgan fingerprint density at radius 3 is 2.61 bits per heavy atom. The van der Waals surface area contributed by atoms with E-state index in [-0.39, 0.29) is 15.5 Å². The Morgan fingerprint density at radius 2 is 2.04 bits per heavy atom. The molecule has 7 nitrogen and oxygen atoms in total. The highest BCUT2D eigenvalue weighted by atomic mass is 35.5. The average Bonchev–Trinajstić information content (AvgIpc) is 3.05. The second-order valence-electron chi connectivity index (χ2n) is 4.55. The predicted molar refractivity (Wildman–Crippen MR) is 87.1 cm³/mol. The monoisotopic (exact) mass is 357 g/mol. The zero-order valence-electron chi connectivity index (χ0n) is 12.5. The van der Waals surface area contributed by atoms with Crippen molar-refractivity contribution in [1.82, 2.24) is 10.0 Å². The molecule has 0 spiro atoms. The van der Waals surface area contributed by atoms with Crippen LogP contribution in [0, 0.1) is 0 Å². The van der Waals surface area contributed by atoms with Crippen molar-refractivity contribution in [2.75, 3.05) is 19.4 Å². The van der Waals surface area contributed by atoms with E-state index in [0.29, 0.717) is 18.0 Å². The van der Waals surface area contributed by atoms with Gasteiger partial charge in [0.05, 0.1) is 23.4 Å². The van der Waals surface area contributed by atoms with Crippen molar-refractivity contribution in [2.45, 2.75) is 11.4 Å². The van der Waals surface area contributed by atoms with Gasteiger partial charge in [0.2, 0.25) is 10.0 Å². The lowest BCUT2D eigenvalue weighted by Crippen LogP contribution is -2.23. The van der Waals surface area contributed by atoms with Crippen LogP contribution in [0.3, 0.4) is 0 Å². The molecule has 0 atom stereocenters. The van der Waals surface area contributed by atoms with Crippen LogP contribution in [0.2, 0.25) is 5.02 Å². The molecule has 1 heterocycles. The van der Waals surface area contributed by atoms with Crippen molar-refractivity contribution >= 4 is 33.2 Å². The van der Waals surface area contributed by atoms with E-state index in [1.807, 2.05) is 0 Å². The molecule has 124 valence electrons. The van der Waals surface area contributed by atoms with E-state index in [1.54, 1.807) is 12.1 Å². The highest BCUT2D eigenvalue weighted by Crippen LogP contribution is 2.29. The highest BCUT2D eigenvalue weighted by molar-refractivity contribution is 7.89. The Labute approximate surface area is 139 Å². The molecule has 2 rings (SSSR count). The number of halogens is 1. The van der Waals surface area contributed by atoms with E-state index < -0.39 is 15.9 Å². The Bertz CT molecular complexity index is 804. The molecule has 23 heavy (non-hydrogen) atoms. The quantitative estimate of drug-likeness (QED) is 0.732. The highest BCUT2D eigenvalue weighted by Gasteiger charge is 2.21. The molecule has 2 aromatic rings. The lowest BCUT2D eigenvalue weighted by Gasteiger charge is -2.14. The van der Waals surface area contributed by atoms with Crippen LogP contribution in [0.15, 0.2) is 39.8 Å². The summed E-state index contributed by atoms with van der Waals surface area (Å²) in [7, 11) is -1.05. The van der Waals surface area contributed by atoms with Gasteiger partial charge in [-0.05, 0) is 31.3 Å². The second kappa shape index (κ2) is 7.03. The summed E-state index contributed by atoms with van der Waals surface area (Å²) in [5, 5.41) is 5.49. The summed E-state index contributed by atoms with van der Waals surface area (Å²) >= 11 is 6.06. The first-order valence-corrected chi connectivity index (χ1v) is 8.50. The number of carbonyl (C=O) groups is 1. The van der Waals surface area contributed by atoms with E-state index in [4.69, 9.17) is 16.0 Å². The van der Waals surface area contributed by atoms with E-state index in [1.165, 1.54) is 32.5 Å². The van der Waals surface area contributed by atoms with Gasteiger partial charge in [-0.3, -0.25) is 4.79 Å². The number of rotatable bonds is 6. The molecule has 0 saturated heterocycles. The number of carbonyl (C=O) groups excluding carboxylic acids is 1. The first-order chi connectivity index (χ1) is 10.9. The van der Waals surface area contributed by atoms with Crippen molar-refractivity contribution in [2.24, 2.45) is 0 Å². The number of hydrogen-bond acceptors (Lipinski definition) is 5. The molecule has 0 aliphatic carbocycles. The van der Waals surface area contributed by atoms with Gasteiger partial charge in [-0.1, -0.05) is 11.6 Å². The maximum absolute atomic E-state index is 12.0. The van der Waals surface area contributed by atoms with Crippen LogP contribution < -0.4 is 15.4 Å². The van der Waals surface area contributed by atoms with Crippen molar-refractivity contribution in [1.29, 1.82) is 0 Å². The molecule has 0 aliphatic rings. The van der Waals surface area contributed by atoms with Gasteiger partial charge in [-0.15, -0.1) is 0 Å². The minimum atomic E-state index is -3.78. The van der Waals surface area contributed by atoms with Gasteiger partial charge in [0.1, 0.15) is 10.7 Å². The van der Waals surface area contributed by atoms with Crippen LogP contribution in [0.5, 0.6) is 0 Å². The van der Waals surface area contributed by atoms with Crippen LogP contribution in [0.1, 0.15) is 16.1 Å². The maximum atomic E-state index is 12.0. The lowest BCUT2D eigenvalue weighted by molar-refractivity contribution is 0.0963. The number of anilines is 1. The summed E-state index contributed by atoms with van der Waals surface area (Å²) in [5.74, 6) is 0.229. The van der Waals surface area contributed by atoms with Gasteiger partial charge in [0, 0.05) is 12.7 Å². The minimum Gasteiger partial charge on any atom is -0.467 e. The third kappa shape index (κ3) is 3.84. The van der Waals surface area contributed by atoms with Crippen LogP contribution in [0.4, 0.5) is 5.69 Å². The first-order valence-electron chi connectivity index (χ1n) is 6.64. The smallest absolute Gasteiger partial charge is 0.253 e. The third-order valence-electron chi connectivity index (χ3n) is 3.14. The van der Waals surface area contributed by atoms with Gasteiger partial charge in [-0.2, -0.15) is 0 Å². The van der Waals surface area contributed by atoms with Gasteiger partial charge >= 0.3 is 0 Å². The average molecular weight is 358 g/mol. The van der Waals surface area contributed by atoms with E-state index in [0.717, 1.165) is 0 Å². The fourth-order valence-corrected chi connectivity index (χ4v) is 3.21.